The Bertz CT molecular complexity index is 4920. The molecule has 0 fully saturated rings. The Morgan fingerprint density at radius 1 is 0.283 bits per heavy atom. The fourth-order valence-electron chi connectivity index (χ4n) is 10.9. The van der Waals surface area contributed by atoms with E-state index in [-0.39, 0.29) is 162 Å². The summed E-state index contributed by atoms with van der Waals surface area (Å²) in [4.78, 5) is 21.4. The molecule has 0 aliphatic carbocycles. The summed E-state index contributed by atoms with van der Waals surface area (Å²) >= 11 is 0. The number of halogens is 3. The minimum atomic E-state index is -4.35. The number of alkyl halides is 3. The quantitative estimate of drug-likeness (QED) is 0.0318. The smallest absolute Gasteiger partial charge is 0.393 e. The molecule has 0 amide bonds. The maximum absolute atomic E-state index is 12.3. The SMILES string of the molecule is CC(O)CC(C)O.CC(O)CC(C)O.CC(O)CC(C)O.CC(O)CC(C)O.CC(O)CC(C)O.Cc1cc(C=[C-]c2ccccc2)nc2ccccc12.FC(F)(F)c1ccc(C=[C-]c2ccccc2)nc1.[C-](=Cc1ccc2ccccc2n1)c1ccccc1.[C-](=Cc1ccccn1)c1cccc2ccccc12.[C-](=Cc1ccccn1)c1ccccc1.[Ir].[Ir].[Ir].[Ir].[Ir]. The maximum atomic E-state index is 12.3. The molecule has 127 heavy (non-hydrogen) atoms. The van der Waals surface area contributed by atoms with Gasteiger partial charge >= 0.3 is 6.18 Å². The number of pyridine rings is 5. The second kappa shape index (κ2) is 70.5. The molecule has 0 saturated heterocycles. The van der Waals surface area contributed by atoms with Crippen molar-refractivity contribution < 1.29 is 165 Å². The number of aliphatic hydroxyl groups excluding tert-OH is 10. The predicted octanol–water partition coefficient (Wildman–Crippen LogP) is 20.2. The Balaban J connectivity index is 0. The van der Waals surface area contributed by atoms with Gasteiger partial charge in [-0.05, 0) is 172 Å². The predicted molar refractivity (Wildman–Crippen MR) is 490 cm³/mol. The van der Waals surface area contributed by atoms with E-state index in [4.69, 9.17) is 51.1 Å². The molecule has 5 heterocycles. The first-order valence-corrected chi connectivity index (χ1v) is 40.4. The summed E-state index contributed by atoms with van der Waals surface area (Å²) in [6.07, 6.45) is 23.8. The van der Waals surface area contributed by atoms with Gasteiger partial charge in [-0.3, -0.25) is 9.97 Å². The van der Waals surface area contributed by atoms with Crippen LogP contribution in [0.25, 0.3) is 63.0 Å². The fraction of sp³-hybridized carbons (Fsp3) is 0.260. The molecule has 10 atom stereocenters. The Kier molecular flexibility index (Phi) is 67.0. The van der Waals surface area contributed by atoms with E-state index in [2.05, 4.69) is 123 Å². The van der Waals surface area contributed by atoms with Crippen molar-refractivity contribution in [2.24, 2.45) is 0 Å². The van der Waals surface area contributed by atoms with Gasteiger partial charge < -0.3 is 66.0 Å². The Labute approximate surface area is 816 Å². The monoisotopic (exact) mass is 2620 g/mol. The minimum absolute atomic E-state index is 0. The number of hydrogen-bond donors (Lipinski definition) is 10. The van der Waals surface area contributed by atoms with E-state index in [0.717, 1.165) is 79.3 Å². The van der Waals surface area contributed by atoms with E-state index in [0.29, 0.717) is 37.8 Å². The van der Waals surface area contributed by atoms with E-state index in [1.54, 1.807) is 87.7 Å². The van der Waals surface area contributed by atoms with E-state index in [9.17, 15) is 13.2 Å². The Morgan fingerprint density at radius 2 is 0.583 bits per heavy atom. The van der Waals surface area contributed by atoms with Crippen LogP contribution in [0.5, 0.6) is 0 Å². The van der Waals surface area contributed by atoms with Crippen LogP contribution in [-0.2, 0) is 107 Å². The Hall–Kier alpha value is -8.37. The zero-order chi connectivity index (χ0) is 89.5. The van der Waals surface area contributed by atoms with Gasteiger partial charge in [0.05, 0.1) is 77.6 Å². The van der Waals surface area contributed by atoms with Crippen molar-refractivity contribution in [3.8, 4) is 0 Å². The molecule has 10 unspecified atom stereocenters. The van der Waals surface area contributed by atoms with Crippen LogP contribution in [0, 0.1) is 37.3 Å². The summed E-state index contributed by atoms with van der Waals surface area (Å²) in [5.74, 6) is 0. The van der Waals surface area contributed by atoms with Gasteiger partial charge in [0.15, 0.2) is 0 Å². The van der Waals surface area contributed by atoms with Crippen LogP contribution >= 0.6 is 0 Å². The largest absolute Gasteiger partial charge is 0.417 e. The van der Waals surface area contributed by atoms with Crippen molar-refractivity contribution in [2.75, 3.05) is 0 Å². The van der Waals surface area contributed by atoms with Crippen molar-refractivity contribution in [2.45, 2.75) is 175 Å². The number of aromatic nitrogens is 5. The zero-order valence-corrected chi connectivity index (χ0v) is 85.0. The number of nitrogens with zero attached hydrogens (tertiary/aromatic N) is 5. The molecule has 0 aliphatic heterocycles. The summed E-state index contributed by atoms with van der Waals surface area (Å²) < 4.78 is 36.9. The average molecular weight is 2620 g/mol. The molecule has 8 aromatic carbocycles. The van der Waals surface area contributed by atoms with Crippen LogP contribution in [0.2, 0.25) is 0 Å². The number of benzene rings is 8. The molecule has 13 aromatic rings. The number of rotatable bonds is 20. The molecule has 0 spiro atoms. The van der Waals surface area contributed by atoms with Gasteiger partial charge in [0.1, 0.15) is 0 Å². The second-order valence-corrected chi connectivity index (χ2v) is 28.9. The van der Waals surface area contributed by atoms with Crippen molar-refractivity contribution in [1.29, 1.82) is 0 Å². The number of fused-ring (bicyclic) bond motifs is 3. The first-order valence-electron chi connectivity index (χ1n) is 40.4. The standard InChI is InChI=1S/C18H14N.2C17H12N.C14H9F3N.C13H10N.5C5H12O2.5Ir/c1-14-13-16(12-11-15-7-3-2-4-8-15)19-18-10-6-5-9-17(14)18;1-2-10-17-14(6-1)7-5-8-15(17)11-12-16-9-3-4-13-18-16;1-2-6-14(7-3-1)10-12-16-13-11-15-8-4-5-9-17(15)18-16;15-14(16,17)12-7-9-13(18-10-12)8-6-11-4-2-1-3-5-11;1-2-6-12(7-3-1)9-10-13-8-4-5-11-14-13;5*1-4(6)3-5(2)7;;;;;/h2-10,12-13H,1H3;1-10,12-13H;1-9,11-13H;1-5,7-10H;1-8,10-11H;5*4-7H,3H2,1-2H3;;;;;/q5*-1;;;;;;;;;;. The van der Waals surface area contributed by atoms with E-state index >= 15 is 0 Å². The summed E-state index contributed by atoms with van der Waals surface area (Å²) in [6.45, 7) is 18.7. The molecule has 23 heteroatoms. The second-order valence-electron chi connectivity index (χ2n) is 28.9. The first kappa shape index (κ1) is 121. The van der Waals surface area contributed by atoms with Crippen molar-refractivity contribution in [3.05, 3.63) is 395 Å². The van der Waals surface area contributed by atoms with E-state index < -0.39 is 11.7 Å². The molecule has 0 bridgehead atoms. The average Bonchev–Trinajstić information content (AvgIpc) is 0.764. The molecule has 5 radical (unpaired) electrons. The third-order valence-corrected chi connectivity index (χ3v) is 16.3. The van der Waals surface area contributed by atoms with Crippen LogP contribution < -0.4 is 0 Å². The van der Waals surface area contributed by atoms with Crippen LogP contribution in [0.15, 0.2) is 298 Å². The molecular formula is C104H117F3Ir5N5O10-5. The summed E-state index contributed by atoms with van der Waals surface area (Å²) in [6, 6.07) is 90.5. The molecule has 15 nitrogen and oxygen atoms in total. The van der Waals surface area contributed by atoms with Gasteiger partial charge in [-0.2, -0.15) is 13.2 Å². The number of aryl methyl sites for hydroxylation is 1. The Morgan fingerprint density at radius 3 is 0.937 bits per heavy atom. The molecule has 13 rings (SSSR count). The number of aliphatic hydroxyl groups is 10. The van der Waals surface area contributed by atoms with Crippen LogP contribution in [0.3, 0.4) is 0 Å². The van der Waals surface area contributed by atoms with Gasteiger partial charge in [-0.1, -0.05) is 156 Å². The summed E-state index contributed by atoms with van der Waals surface area (Å²) in [5, 5.41) is 90.4. The number of para-hydroxylation sites is 2. The normalized spacial score (nSPS) is 12.9. The van der Waals surface area contributed by atoms with Gasteiger partial charge in [0, 0.05) is 125 Å². The third-order valence-electron chi connectivity index (χ3n) is 16.3. The maximum Gasteiger partial charge on any atom is 0.417 e. The summed E-state index contributed by atoms with van der Waals surface area (Å²) in [5.41, 5.74) is 11.8. The van der Waals surface area contributed by atoms with Gasteiger partial charge in [0.25, 0.3) is 0 Å². The third kappa shape index (κ3) is 58.0. The van der Waals surface area contributed by atoms with Crippen molar-refractivity contribution in [1.82, 2.24) is 24.9 Å². The molecular weight excluding hydrogens is 2500 g/mol. The topological polar surface area (TPSA) is 267 Å². The molecule has 10 N–H and O–H groups in total. The zero-order valence-electron chi connectivity index (χ0n) is 73.0. The van der Waals surface area contributed by atoms with Crippen molar-refractivity contribution in [3.63, 3.8) is 0 Å². The summed E-state index contributed by atoms with van der Waals surface area (Å²) in [7, 11) is 0. The van der Waals surface area contributed by atoms with Crippen LogP contribution in [-0.4, -0.2) is 137 Å². The van der Waals surface area contributed by atoms with Gasteiger partial charge in [0.2, 0.25) is 0 Å². The van der Waals surface area contributed by atoms with E-state index in [1.165, 1.54) is 27.8 Å². The van der Waals surface area contributed by atoms with Crippen LogP contribution in [0.1, 0.15) is 169 Å². The molecule has 5 aromatic heterocycles. The van der Waals surface area contributed by atoms with Crippen molar-refractivity contribution >= 4 is 63.0 Å². The molecule has 0 aliphatic rings. The van der Waals surface area contributed by atoms with Crippen LogP contribution in [0.4, 0.5) is 13.2 Å². The molecule has 689 valence electrons. The fourth-order valence-corrected chi connectivity index (χ4v) is 10.9. The molecule has 0 saturated carbocycles. The number of hydrogen-bond acceptors (Lipinski definition) is 15. The minimum Gasteiger partial charge on any atom is -0.393 e. The van der Waals surface area contributed by atoms with Gasteiger partial charge in [-0.25, -0.2) is 0 Å². The van der Waals surface area contributed by atoms with E-state index in [1.807, 2.05) is 231 Å². The van der Waals surface area contributed by atoms with Gasteiger partial charge in [-0.15, -0.1) is 198 Å². The first-order chi connectivity index (χ1) is 58.3.